The molecular weight excluding hydrogens is 262 g/mol. The quantitative estimate of drug-likeness (QED) is 0.902. The van der Waals surface area contributed by atoms with Crippen molar-refractivity contribution in [1.29, 1.82) is 0 Å². The summed E-state index contributed by atoms with van der Waals surface area (Å²) in [7, 11) is 0. The third-order valence-electron chi connectivity index (χ3n) is 2.62. The third-order valence-corrected chi connectivity index (χ3v) is 2.85. The summed E-state index contributed by atoms with van der Waals surface area (Å²) in [5.41, 5.74) is 1.20. The highest BCUT2D eigenvalue weighted by molar-refractivity contribution is 6.30. The lowest BCUT2D eigenvalue weighted by molar-refractivity contribution is 0.234. The van der Waals surface area contributed by atoms with Gasteiger partial charge in [-0.25, -0.2) is 4.98 Å². The molecule has 0 spiro atoms. The summed E-state index contributed by atoms with van der Waals surface area (Å²) in [5.74, 6) is 0.622. The molecule has 19 heavy (non-hydrogen) atoms. The molecule has 0 aliphatic rings. The summed E-state index contributed by atoms with van der Waals surface area (Å²) >= 11 is 5.97. The van der Waals surface area contributed by atoms with Gasteiger partial charge < -0.3 is 10.4 Å². The van der Waals surface area contributed by atoms with Crippen LogP contribution in [0.25, 0.3) is 11.3 Å². The van der Waals surface area contributed by atoms with Crippen molar-refractivity contribution in [3.63, 3.8) is 0 Å². The smallest absolute Gasteiger partial charge is 0.145 e. The molecule has 0 unspecified atom stereocenters. The molecule has 1 aromatic heterocycles. The fourth-order valence-electron chi connectivity index (χ4n) is 1.60. The normalized spacial score (nSPS) is 11.4. The van der Waals surface area contributed by atoms with Gasteiger partial charge >= 0.3 is 0 Å². The molecule has 1 aromatic carbocycles. The number of hydrogen-bond donors (Lipinski definition) is 2. The second-order valence-corrected chi connectivity index (χ2v) is 5.40. The van der Waals surface area contributed by atoms with E-state index in [2.05, 4.69) is 15.3 Å². The first-order chi connectivity index (χ1) is 9.00. The van der Waals surface area contributed by atoms with Crippen molar-refractivity contribution < 1.29 is 5.11 Å². The average Bonchev–Trinajstić information content (AvgIpc) is 2.38. The van der Waals surface area contributed by atoms with Crippen LogP contribution >= 0.6 is 11.6 Å². The van der Waals surface area contributed by atoms with Gasteiger partial charge in [0.2, 0.25) is 0 Å². The number of aliphatic hydroxyl groups excluding tert-OH is 1. The molecule has 2 aromatic rings. The van der Waals surface area contributed by atoms with Crippen molar-refractivity contribution in [3.8, 4) is 11.3 Å². The molecule has 0 atom stereocenters. The minimum Gasteiger partial charge on any atom is -0.394 e. The first kappa shape index (κ1) is 13.8. The predicted molar refractivity (Wildman–Crippen MR) is 77.3 cm³/mol. The predicted octanol–water partition coefficient (Wildman–Crippen LogP) is 2.98. The Labute approximate surface area is 117 Å². The van der Waals surface area contributed by atoms with Crippen molar-refractivity contribution in [3.05, 3.63) is 41.7 Å². The van der Waals surface area contributed by atoms with Crippen molar-refractivity contribution in [2.24, 2.45) is 0 Å². The van der Waals surface area contributed by atoms with Gasteiger partial charge in [0, 0.05) is 10.6 Å². The Morgan fingerprint density at radius 1 is 1.32 bits per heavy atom. The Morgan fingerprint density at radius 2 is 2.11 bits per heavy atom. The number of aromatic nitrogens is 2. The molecule has 1 heterocycles. The zero-order chi connectivity index (χ0) is 13.9. The summed E-state index contributed by atoms with van der Waals surface area (Å²) in [6, 6.07) is 7.45. The molecule has 0 amide bonds. The van der Waals surface area contributed by atoms with Gasteiger partial charge in [0.1, 0.15) is 5.82 Å². The van der Waals surface area contributed by atoms with Gasteiger partial charge in [0.15, 0.2) is 0 Å². The average molecular weight is 278 g/mol. The van der Waals surface area contributed by atoms with E-state index in [-0.39, 0.29) is 6.61 Å². The Balaban J connectivity index is 2.29. The van der Waals surface area contributed by atoms with Gasteiger partial charge in [0.05, 0.1) is 30.2 Å². The largest absolute Gasteiger partial charge is 0.394 e. The number of hydrogen-bond acceptors (Lipinski definition) is 4. The first-order valence-electron chi connectivity index (χ1n) is 5.97. The van der Waals surface area contributed by atoms with E-state index < -0.39 is 5.54 Å². The van der Waals surface area contributed by atoms with Gasteiger partial charge in [-0.1, -0.05) is 23.7 Å². The SMILES string of the molecule is CC(C)(CO)Nc1cncc(-c2cccc(Cl)c2)n1. The van der Waals surface area contributed by atoms with E-state index in [1.807, 2.05) is 38.1 Å². The zero-order valence-electron chi connectivity index (χ0n) is 10.9. The number of aliphatic hydroxyl groups is 1. The number of nitrogens with one attached hydrogen (secondary N) is 1. The van der Waals surface area contributed by atoms with Gasteiger partial charge in [-0.15, -0.1) is 0 Å². The van der Waals surface area contributed by atoms with Crippen LogP contribution in [0.5, 0.6) is 0 Å². The minimum absolute atomic E-state index is 0.00999. The highest BCUT2D eigenvalue weighted by Crippen LogP contribution is 2.22. The number of anilines is 1. The fourth-order valence-corrected chi connectivity index (χ4v) is 1.79. The lowest BCUT2D eigenvalue weighted by Gasteiger charge is -2.24. The van der Waals surface area contributed by atoms with Crippen LogP contribution in [0, 0.1) is 0 Å². The lowest BCUT2D eigenvalue weighted by Crippen LogP contribution is -2.35. The summed E-state index contributed by atoms with van der Waals surface area (Å²) in [5, 5.41) is 13.0. The molecule has 0 aliphatic heterocycles. The number of nitrogens with zero attached hydrogens (tertiary/aromatic N) is 2. The Morgan fingerprint density at radius 3 is 2.79 bits per heavy atom. The molecular formula is C14H16ClN3O. The van der Waals surface area contributed by atoms with Crippen LogP contribution < -0.4 is 5.32 Å². The lowest BCUT2D eigenvalue weighted by atomic mass is 10.1. The van der Waals surface area contributed by atoms with E-state index in [9.17, 15) is 5.11 Å². The number of benzene rings is 1. The van der Waals surface area contributed by atoms with Crippen LogP contribution in [0.15, 0.2) is 36.7 Å². The highest BCUT2D eigenvalue weighted by atomic mass is 35.5. The van der Waals surface area contributed by atoms with Crippen LogP contribution in [-0.2, 0) is 0 Å². The summed E-state index contributed by atoms with van der Waals surface area (Å²) < 4.78 is 0. The molecule has 0 fully saturated rings. The monoisotopic (exact) mass is 277 g/mol. The maximum Gasteiger partial charge on any atom is 0.145 e. The standard InChI is InChI=1S/C14H16ClN3O/c1-14(2,9-19)18-13-8-16-7-12(17-13)10-4-3-5-11(15)6-10/h3-8,19H,9H2,1-2H3,(H,17,18). The van der Waals surface area contributed by atoms with Crippen LogP contribution in [-0.4, -0.2) is 27.2 Å². The van der Waals surface area contributed by atoms with Crippen molar-refractivity contribution in [2.75, 3.05) is 11.9 Å². The Kier molecular flexibility index (Phi) is 4.02. The van der Waals surface area contributed by atoms with E-state index in [1.54, 1.807) is 12.4 Å². The highest BCUT2D eigenvalue weighted by Gasteiger charge is 2.16. The molecule has 0 bridgehead atoms. The van der Waals surface area contributed by atoms with Crippen LogP contribution in [0.1, 0.15) is 13.8 Å². The molecule has 0 saturated carbocycles. The molecule has 2 N–H and O–H groups in total. The van der Waals surface area contributed by atoms with Crippen LogP contribution in [0.3, 0.4) is 0 Å². The van der Waals surface area contributed by atoms with E-state index in [0.29, 0.717) is 10.8 Å². The second kappa shape index (κ2) is 5.55. The maximum absolute atomic E-state index is 9.25. The third kappa shape index (κ3) is 3.66. The molecule has 2 rings (SSSR count). The van der Waals surface area contributed by atoms with Crippen molar-refractivity contribution in [1.82, 2.24) is 9.97 Å². The van der Waals surface area contributed by atoms with Crippen molar-refractivity contribution >= 4 is 17.4 Å². The summed E-state index contributed by atoms with van der Waals surface area (Å²) in [6.45, 7) is 3.79. The van der Waals surface area contributed by atoms with E-state index in [0.717, 1.165) is 11.3 Å². The van der Waals surface area contributed by atoms with Crippen LogP contribution in [0.4, 0.5) is 5.82 Å². The molecule has 100 valence electrons. The van der Waals surface area contributed by atoms with Crippen molar-refractivity contribution in [2.45, 2.75) is 19.4 Å². The molecule has 4 nitrogen and oxygen atoms in total. The zero-order valence-corrected chi connectivity index (χ0v) is 11.6. The summed E-state index contributed by atoms with van der Waals surface area (Å²) in [6.07, 6.45) is 3.31. The van der Waals surface area contributed by atoms with E-state index in [1.165, 1.54) is 0 Å². The molecule has 5 heteroatoms. The Hall–Kier alpha value is -1.65. The Bertz CT molecular complexity index is 572. The van der Waals surface area contributed by atoms with E-state index in [4.69, 9.17) is 11.6 Å². The number of halogens is 1. The van der Waals surface area contributed by atoms with Gasteiger partial charge in [-0.05, 0) is 26.0 Å². The first-order valence-corrected chi connectivity index (χ1v) is 6.35. The second-order valence-electron chi connectivity index (χ2n) is 4.97. The van der Waals surface area contributed by atoms with E-state index >= 15 is 0 Å². The maximum atomic E-state index is 9.25. The molecule has 0 saturated heterocycles. The van der Waals surface area contributed by atoms with Gasteiger partial charge in [0.25, 0.3) is 0 Å². The van der Waals surface area contributed by atoms with Gasteiger partial charge in [-0.2, -0.15) is 0 Å². The molecule has 0 aliphatic carbocycles. The van der Waals surface area contributed by atoms with Gasteiger partial charge in [-0.3, -0.25) is 4.98 Å². The molecule has 0 radical (unpaired) electrons. The fraction of sp³-hybridized carbons (Fsp3) is 0.286. The van der Waals surface area contributed by atoms with Crippen LogP contribution in [0.2, 0.25) is 5.02 Å². The number of rotatable bonds is 4. The minimum atomic E-state index is -0.443. The summed E-state index contributed by atoms with van der Waals surface area (Å²) in [4.78, 5) is 8.63. The topological polar surface area (TPSA) is 58.0 Å².